The van der Waals surface area contributed by atoms with Crippen molar-refractivity contribution < 1.29 is 19.1 Å². The molecule has 3 aromatic rings. The number of ether oxygens (including phenoxy) is 2. The predicted molar refractivity (Wildman–Crippen MR) is 115 cm³/mol. The second-order valence-electron chi connectivity index (χ2n) is 7.70. The number of carbonyl (C=O) groups excluding carboxylic acids is 2. The van der Waals surface area contributed by atoms with Gasteiger partial charge in [-0.1, -0.05) is 30.3 Å². The fourth-order valence-corrected chi connectivity index (χ4v) is 3.01. The molecule has 2 aromatic carbocycles. The van der Waals surface area contributed by atoms with Crippen molar-refractivity contribution in [1.29, 1.82) is 0 Å². The molecule has 1 heterocycles. The highest BCUT2D eigenvalue weighted by Gasteiger charge is 2.17. The van der Waals surface area contributed by atoms with E-state index in [1.165, 1.54) is 0 Å². The van der Waals surface area contributed by atoms with Crippen LogP contribution >= 0.6 is 0 Å². The standard InChI is InChI=1S/C22H26N4O4/c1-22(2,3)30-21(28)24-11-12-29-18-10-9-15(14-7-5-4-6-8-14)19-16(18)13-17(25-19)20(27)26-23/h4-10,13,25H,11-12,23H2,1-3H3,(H,24,28)(H,26,27). The highest BCUT2D eigenvalue weighted by molar-refractivity contribution is 6.04. The van der Waals surface area contributed by atoms with Crippen LogP contribution in [0.2, 0.25) is 0 Å². The topological polar surface area (TPSA) is 118 Å². The Morgan fingerprint density at radius 2 is 1.83 bits per heavy atom. The van der Waals surface area contributed by atoms with Gasteiger partial charge in [0.15, 0.2) is 0 Å². The van der Waals surface area contributed by atoms with Crippen LogP contribution < -0.4 is 21.3 Å². The zero-order valence-electron chi connectivity index (χ0n) is 17.2. The number of aromatic nitrogens is 1. The second-order valence-corrected chi connectivity index (χ2v) is 7.70. The summed E-state index contributed by atoms with van der Waals surface area (Å²) in [6.07, 6.45) is -0.501. The number of alkyl carbamates (subject to hydrolysis) is 1. The van der Waals surface area contributed by atoms with E-state index in [1.807, 2.05) is 42.5 Å². The van der Waals surface area contributed by atoms with Gasteiger partial charge < -0.3 is 19.8 Å². The fourth-order valence-electron chi connectivity index (χ4n) is 3.01. The van der Waals surface area contributed by atoms with Gasteiger partial charge in [-0.25, -0.2) is 10.6 Å². The molecule has 158 valence electrons. The highest BCUT2D eigenvalue weighted by atomic mass is 16.6. The molecule has 0 saturated heterocycles. The third-order valence-electron chi connectivity index (χ3n) is 4.24. The molecule has 8 heteroatoms. The first kappa shape index (κ1) is 21.2. The smallest absolute Gasteiger partial charge is 0.407 e. The molecule has 0 fully saturated rings. The number of fused-ring (bicyclic) bond motifs is 1. The number of H-pyrrole nitrogens is 1. The van der Waals surface area contributed by atoms with Gasteiger partial charge in [-0.3, -0.25) is 10.2 Å². The molecule has 3 rings (SSSR count). The highest BCUT2D eigenvalue weighted by Crippen LogP contribution is 2.34. The fraction of sp³-hybridized carbons (Fsp3) is 0.273. The average Bonchev–Trinajstić information content (AvgIpc) is 3.15. The van der Waals surface area contributed by atoms with Crippen LogP contribution in [0.4, 0.5) is 4.79 Å². The van der Waals surface area contributed by atoms with Crippen molar-refractivity contribution in [3.8, 4) is 16.9 Å². The molecule has 0 aliphatic carbocycles. The number of rotatable bonds is 6. The molecule has 0 spiro atoms. The van der Waals surface area contributed by atoms with Crippen LogP contribution in [-0.2, 0) is 4.74 Å². The SMILES string of the molecule is CC(C)(C)OC(=O)NCCOc1ccc(-c2ccccc2)c2[nH]c(C(=O)NN)cc12. The van der Waals surface area contributed by atoms with Crippen LogP contribution in [0, 0.1) is 0 Å². The summed E-state index contributed by atoms with van der Waals surface area (Å²) in [5.74, 6) is 5.44. The molecule has 2 amide bonds. The summed E-state index contributed by atoms with van der Waals surface area (Å²) in [5.41, 5.74) is 4.59. The van der Waals surface area contributed by atoms with Gasteiger partial charge >= 0.3 is 6.09 Å². The molecule has 0 aliphatic rings. The molecule has 8 nitrogen and oxygen atoms in total. The predicted octanol–water partition coefficient (Wildman–Crippen LogP) is 3.34. The zero-order chi connectivity index (χ0) is 21.7. The van der Waals surface area contributed by atoms with Crippen LogP contribution in [0.3, 0.4) is 0 Å². The number of amides is 2. The molecular formula is C22H26N4O4. The number of benzene rings is 2. The largest absolute Gasteiger partial charge is 0.491 e. The lowest BCUT2D eigenvalue weighted by Crippen LogP contribution is -2.34. The van der Waals surface area contributed by atoms with Crippen molar-refractivity contribution in [2.45, 2.75) is 26.4 Å². The summed E-state index contributed by atoms with van der Waals surface area (Å²) in [5, 5.41) is 3.40. The van der Waals surface area contributed by atoms with Gasteiger partial charge in [0.05, 0.1) is 12.1 Å². The molecule has 0 radical (unpaired) electrons. The Labute approximate surface area is 174 Å². The minimum absolute atomic E-state index is 0.239. The van der Waals surface area contributed by atoms with Gasteiger partial charge in [-0.15, -0.1) is 0 Å². The molecular weight excluding hydrogens is 384 g/mol. The average molecular weight is 410 g/mol. The lowest BCUT2D eigenvalue weighted by Gasteiger charge is -2.19. The first-order valence-corrected chi connectivity index (χ1v) is 9.60. The van der Waals surface area contributed by atoms with Crippen LogP contribution in [0.25, 0.3) is 22.0 Å². The quantitative estimate of drug-likeness (QED) is 0.215. The first-order valence-electron chi connectivity index (χ1n) is 9.60. The van der Waals surface area contributed by atoms with Crippen LogP contribution in [0.15, 0.2) is 48.5 Å². The maximum atomic E-state index is 12.0. The molecule has 0 aliphatic heterocycles. The number of nitrogens with one attached hydrogen (secondary N) is 3. The third-order valence-corrected chi connectivity index (χ3v) is 4.24. The van der Waals surface area contributed by atoms with Crippen molar-refractivity contribution in [3.05, 3.63) is 54.2 Å². The van der Waals surface area contributed by atoms with Crippen molar-refractivity contribution >= 4 is 22.9 Å². The summed E-state index contributed by atoms with van der Waals surface area (Å²) in [7, 11) is 0. The van der Waals surface area contributed by atoms with Crippen molar-refractivity contribution in [2.75, 3.05) is 13.2 Å². The van der Waals surface area contributed by atoms with Gasteiger partial charge in [0.1, 0.15) is 23.7 Å². The Hall–Kier alpha value is -3.52. The van der Waals surface area contributed by atoms with Gasteiger partial charge in [-0.05, 0) is 44.5 Å². The molecule has 0 bridgehead atoms. The van der Waals surface area contributed by atoms with Crippen LogP contribution in [-0.4, -0.2) is 35.7 Å². The lowest BCUT2D eigenvalue weighted by molar-refractivity contribution is 0.0520. The molecule has 0 saturated carbocycles. The first-order chi connectivity index (χ1) is 14.3. The molecule has 0 atom stereocenters. The lowest BCUT2D eigenvalue weighted by atomic mass is 10.0. The number of nitrogen functional groups attached to an aromatic ring is 1. The van der Waals surface area contributed by atoms with E-state index >= 15 is 0 Å². The second kappa shape index (κ2) is 8.87. The minimum Gasteiger partial charge on any atom is -0.491 e. The summed E-state index contributed by atoms with van der Waals surface area (Å²) < 4.78 is 11.1. The van der Waals surface area contributed by atoms with Gasteiger partial charge in [0.2, 0.25) is 0 Å². The van der Waals surface area contributed by atoms with E-state index in [0.717, 1.165) is 22.0 Å². The normalized spacial score (nSPS) is 11.2. The van der Waals surface area contributed by atoms with Crippen molar-refractivity contribution in [2.24, 2.45) is 5.84 Å². The maximum Gasteiger partial charge on any atom is 0.407 e. The summed E-state index contributed by atoms with van der Waals surface area (Å²) in [6.45, 7) is 5.92. The van der Waals surface area contributed by atoms with Gasteiger partial charge in [-0.2, -0.15) is 0 Å². The number of hydrogen-bond donors (Lipinski definition) is 4. The van der Waals surface area contributed by atoms with Crippen LogP contribution in [0.1, 0.15) is 31.3 Å². The van der Waals surface area contributed by atoms with E-state index in [2.05, 4.69) is 15.7 Å². The zero-order valence-corrected chi connectivity index (χ0v) is 17.2. The summed E-state index contributed by atoms with van der Waals surface area (Å²) in [6, 6.07) is 15.3. The molecule has 30 heavy (non-hydrogen) atoms. The number of hydrogen-bond acceptors (Lipinski definition) is 5. The van der Waals surface area contributed by atoms with Gasteiger partial charge in [0, 0.05) is 10.9 Å². The summed E-state index contributed by atoms with van der Waals surface area (Å²) in [4.78, 5) is 26.9. The van der Waals surface area contributed by atoms with E-state index in [4.69, 9.17) is 15.3 Å². The Balaban J connectivity index is 1.81. The number of nitrogens with two attached hydrogens (primary N) is 1. The van der Waals surface area contributed by atoms with Crippen molar-refractivity contribution in [3.63, 3.8) is 0 Å². The summed E-state index contributed by atoms with van der Waals surface area (Å²) >= 11 is 0. The molecule has 5 N–H and O–H groups in total. The number of aromatic amines is 1. The maximum absolute atomic E-state index is 12.0. The Morgan fingerprint density at radius 3 is 2.50 bits per heavy atom. The van der Waals surface area contributed by atoms with Crippen molar-refractivity contribution in [1.82, 2.24) is 15.7 Å². The third kappa shape index (κ3) is 5.09. The number of carbonyl (C=O) groups is 2. The van der Waals surface area contributed by atoms with Gasteiger partial charge in [0.25, 0.3) is 5.91 Å². The Bertz CT molecular complexity index is 1040. The Kier molecular flexibility index (Phi) is 6.27. The minimum atomic E-state index is -0.560. The monoisotopic (exact) mass is 410 g/mol. The Morgan fingerprint density at radius 1 is 1.10 bits per heavy atom. The van der Waals surface area contributed by atoms with E-state index in [9.17, 15) is 9.59 Å². The van der Waals surface area contributed by atoms with E-state index in [0.29, 0.717) is 11.4 Å². The van der Waals surface area contributed by atoms with E-state index in [1.54, 1.807) is 26.8 Å². The van der Waals surface area contributed by atoms with Crippen LogP contribution in [0.5, 0.6) is 5.75 Å². The van der Waals surface area contributed by atoms with E-state index < -0.39 is 17.6 Å². The molecule has 0 unspecified atom stereocenters. The number of hydrazine groups is 1. The van der Waals surface area contributed by atoms with E-state index in [-0.39, 0.29) is 13.2 Å². The molecule has 1 aromatic heterocycles.